The molecule has 10 heteroatoms. The minimum atomic E-state index is -0.534. The predicted molar refractivity (Wildman–Crippen MR) is 203 cm³/mol. The second-order valence-electron chi connectivity index (χ2n) is 13.0. The van der Waals surface area contributed by atoms with Gasteiger partial charge >= 0.3 is 23.9 Å². The fourth-order valence-electron chi connectivity index (χ4n) is 6.06. The van der Waals surface area contributed by atoms with Crippen LogP contribution in [0, 0.1) is 11.8 Å². The molecule has 0 saturated heterocycles. The summed E-state index contributed by atoms with van der Waals surface area (Å²) in [6, 6.07) is 16.0. The first-order valence-electron chi connectivity index (χ1n) is 18.3. The van der Waals surface area contributed by atoms with E-state index in [0.29, 0.717) is 55.2 Å². The van der Waals surface area contributed by atoms with E-state index in [-0.39, 0.29) is 17.9 Å². The summed E-state index contributed by atoms with van der Waals surface area (Å²) >= 11 is 0. The van der Waals surface area contributed by atoms with Crippen LogP contribution in [0.4, 0.5) is 0 Å². The first-order chi connectivity index (χ1) is 25.8. The minimum Gasteiger partial charge on any atom is -0.493 e. The standard InChI is InChI=1S/C43H50O10/c1-4-40(44)50-25-11-9-7-6-8-10-24-49-38-22-16-31(26-39(38)48-3)17-23-42(46)53-37-21-20-34-27-36(19-18-35(34)28-37)43(47)52-30-33-14-12-32(13-15-33)29-51-41(45)5-2/h4-5,16-23,26-28,32-33H,1-2,6-15,24-25,29-30H2,3H3/b23-17+. The monoisotopic (exact) mass is 726 g/mol. The highest BCUT2D eigenvalue weighted by atomic mass is 16.5. The van der Waals surface area contributed by atoms with Gasteiger partial charge in [-0.1, -0.05) is 57.0 Å². The lowest BCUT2D eigenvalue weighted by Gasteiger charge is -2.27. The van der Waals surface area contributed by atoms with Gasteiger partial charge in [0, 0.05) is 18.2 Å². The van der Waals surface area contributed by atoms with Gasteiger partial charge in [-0.3, -0.25) is 0 Å². The lowest BCUT2D eigenvalue weighted by atomic mass is 9.83. The largest absolute Gasteiger partial charge is 0.493 e. The van der Waals surface area contributed by atoms with E-state index in [1.165, 1.54) is 18.2 Å². The van der Waals surface area contributed by atoms with Crippen molar-refractivity contribution in [2.75, 3.05) is 33.5 Å². The maximum absolute atomic E-state index is 12.8. The highest BCUT2D eigenvalue weighted by Crippen LogP contribution is 2.31. The van der Waals surface area contributed by atoms with Crippen molar-refractivity contribution in [2.45, 2.75) is 64.2 Å². The lowest BCUT2D eigenvalue weighted by Crippen LogP contribution is -2.23. The van der Waals surface area contributed by atoms with E-state index in [1.54, 1.807) is 55.7 Å². The molecule has 0 aliphatic heterocycles. The summed E-state index contributed by atoms with van der Waals surface area (Å²) in [4.78, 5) is 47.8. The van der Waals surface area contributed by atoms with Crippen molar-refractivity contribution in [1.29, 1.82) is 0 Å². The van der Waals surface area contributed by atoms with Crippen LogP contribution in [0.2, 0.25) is 0 Å². The first kappa shape index (κ1) is 40.4. The third-order valence-electron chi connectivity index (χ3n) is 9.12. The van der Waals surface area contributed by atoms with E-state index < -0.39 is 11.9 Å². The molecule has 0 radical (unpaired) electrons. The Bertz CT molecular complexity index is 1730. The molecule has 0 N–H and O–H groups in total. The van der Waals surface area contributed by atoms with E-state index >= 15 is 0 Å². The van der Waals surface area contributed by atoms with Crippen LogP contribution in [0.5, 0.6) is 17.2 Å². The Morgan fingerprint density at radius 3 is 1.98 bits per heavy atom. The second-order valence-corrected chi connectivity index (χ2v) is 13.0. The van der Waals surface area contributed by atoms with Crippen LogP contribution in [0.25, 0.3) is 16.8 Å². The molecule has 1 aliphatic carbocycles. The number of hydrogen-bond donors (Lipinski definition) is 0. The van der Waals surface area contributed by atoms with Gasteiger partial charge in [-0.15, -0.1) is 0 Å². The predicted octanol–water partition coefficient (Wildman–Crippen LogP) is 8.61. The molecule has 1 saturated carbocycles. The Morgan fingerprint density at radius 2 is 1.28 bits per heavy atom. The molecule has 1 fully saturated rings. The highest BCUT2D eigenvalue weighted by molar-refractivity contribution is 5.96. The van der Waals surface area contributed by atoms with Crippen LogP contribution in [-0.4, -0.2) is 57.4 Å². The van der Waals surface area contributed by atoms with Gasteiger partial charge in [0.2, 0.25) is 0 Å². The van der Waals surface area contributed by atoms with Crippen LogP contribution >= 0.6 is 0 Å². The average molecular weight is 727 g/mol. The van der Waals surface area contributed by atoms with Crippen LogP contribution in [0.3, 0.4) is 0 Å². The molecule has 4 rings (SSSR count). The normalized spacial score (nSPS) is 15.3. The summed E-state index contributed by atoms with van der Waals surface area (Å²) in [7, 11) is 1.57. The number of carbonyl (C=O) groups is 4. The van der Waals surface area contributed by atoms with Gasteiger partial charge in [0.1, 0.15) is 5.75 Å². The van der Waals surface area contributed by atoms with Gasteiger partial charge in [-0.25, -0.2) is 19.2 Å². The number of hydrogen-bond acceptors (Lipinski definition) is 10. The Morgan fingerprint density at radius 1 is 0.660 bits per heavy atom. The van der Waals surface area contributed by atoms with Crippen molar-refractivity contribution in [2.24, 2.45) is 11.8 Å². The van der Waals surface area contributed by atoms with Crippen molar-refractivity contribution >= 4 is 40.7 Å². The zero-order valence-corrected chi connectivity index (χ0v) is 30.6. The van der Waals surface area contributed by atoms with E-state index in [1.807, 2.05) is 12.1 Å². The Kier molecular flexibility index (Phi) is 16.7. The van der Waals surface area contributed by atoms with E-state index in [9.17, 15) is 19.2 Å². The number of unbranched alkanes of at least 4 members (excludes halogenated alkanes) is 5. The van der Waals surface area contributed by atoms with Crippen LogP contribution in [-0.2, 0) is 28.6 Å². The summed E-state index contributed by atoms with van der Waals surface area (Å²) in [5.41, 5.74) is 1.21. The van der Waals surface area contributed by atoms with Gasteiger partial charge in [-0.05, 0) is 109 Å². The van der Waals surface area contributed by atoms with E-state index in [4.69, 9.17) is 28.4 Å². The van der Waals surface area contributed by atoms with Gasteiger partial charge in [0.25, 0.3) is 0 Å². The number of rotatable bonds is 21. The van der Waals surface area contributed by atoms with Gasteiger partial charge < -0.3 is 28.4 Å². The number of benzene rings is 3. The maximum atomic E-state index is 12.8. The molecule has 0 aromatic heterocycles. The molecule has 0 spiro atoms. The fourth-order valence-corrected chi connectivity index (χ4v) is 6.06. The first-order valence-corrected chi connectivity index (χ1v) is 18.3. The average Bonchev–Trinajstić information content (AvgIpc) is 3.19. The Hall–Kier alpha value is -5.38. The zero-order valence-electron chi connectivity index (χ0n) is 30.6. The molecule has 0 atom stereocenters. The summed E-state index contributed by atoms with van der Waals surface area (Å²) < 4.78 is 32.8. The van der Waals surface area contributed by atoms with Crippen LogP contribution < -0.4 is 14.2 Å². The number of ether oxygens (including phenoxy) is 6. The Balaban J connectivity index is 1.17. The highest BCUT2D eigenvalue weighted by Gasteiger charge is 2.23. The van der Waals surface area contributed by atoms with Gasteiger partial charge in [0.15, 0.2) is 11.5 Å². The number of esters is 4. The second kappa shape index (κ2) is 21.9. The van der Waals surface area contributed by atoms with Crippen molar-refractivity contribution < 1.29 is 47.6 Å². The molecule has 3 aromatic rings. The third kappa shape index (κ3) is 13.9. The third-order valence-corrected chi connectivity index (χ3v) is 9.12. The van der Waals surface area contributed by atoms with Gasteiger partial charge in [-0.2, -0.15) is 0 Å². The van der Waals surface area contributed by atoms with Crippen molar-refractivity contribution in [3.63, 3.8) is 0 Å². The number of methoxy groups -OCH3 is 1. The van der Waals surface area contributed by atoms with Crippen molar-refractivity contribution in [3.05, 3.63) is 97.1 Å². The number of fused-ring (bicyclic) bond motifs is 1. The van der Waals surface area contributed by atoms with Crippen LogP contribution in [0.15, 0.2) is 86.0 Å². The summed E-state index contributed by atoms with van der Waals surface area (Å²) in [6.45, 7) is 8.54. The smallest absolute Gasteiger partial charge is 0.338 e. The Labute approximate surface area is 311 Å². The molecule has 282 valence electrons. The summed E-state index contributed by atoms with van der Waals surface area (Å²) in [6.07, 6.45) is 15.0. The molecular formula is C43H50O10. The van der Waals surface area contributed by atoms with Crippen LogP contribution in [0.1, 0.15) is 80.1 Å². The molecule has 3 aromatic carbocycles. The van der Waals surface area contributed by atoms with Crippen molar-refractivity contribution in [1.82, 2.24) is 0 Å². The van der Waals surface area contributed by atoms with E-state index in [2.05, 4.69) is 13.2 Å². The quantitative estimate of drug-likeness (QED) is 0.0347. The molecule has 0 unspecified atom stereocenters. The van der Waals surface area contributed by atoms with Gasteiger partial charge in [0.05, 0.1) is 39.1 Å². The molecule has 10 nitrogen and oxygen atoms in total. The number of carbonyl (C=O) groups excluding carboxylic acids is 4. The molecular weight excluding hydrogens is 676 g/mol. The summed E-state index contributed by atoms with van der Waals surface area (Å²) in [5, 5.41) is 1.63. The zero-order chi connectivity index (χ0) is 37.8. The molecule has 0 heterocycles. The molecule has 1 aliphatic rings. The molecule has 0 bridgehead atoms. The molecule has 0 amide bonds. The molecule has 53 heavy (non-hydrogen) atoms. The minimum absolute atomic E-state index is 0.282. The fraction of sp³-hybridized carbons (Fsp3) is 0.395. The maximum Gasteiger partial charge on any atom is 0.338 e. The SMILES string of the molecule is C=CC(=O)OCCCCCCCCOc1ccc(/C=C/C(=O)Oc2ccc3cc(C(=O)OCC4CCC(COC(=O)C=C)CC4)ccc3c2)cc1OC. The summed E-state index contributed by atoms with van der Waals surface area (Å²) in [5.74, 6) is 0.502. The topological polar surface area (TPSA) is 124 Å². The lowest BCUT2D eigenvalue weighted by molar-refractivity contribution is -0.139. The van der Waals surface area contributed by atoms with E-state index in [0.717, 1.165) is 80.5 Å². The van der Waals surface area contributed by atoms with Crippen molar-refractivity contribution in [3.8, 4) is 17.2 Å².